The molecule has 0 bridgehead atoms. The van der Waals surface area contributed by atoms with Crippen molar-refractivity contribution in [2.75, 3.05) is 16.4 Å². The first-order valence-corrected chi connectivity index (χ1v) is 11.3. The predicted octanol–water partition coefficient (Wildman–Crippen LogP) is 4.51. The van der Waals surface area contributed by atoms with Crippen molar-refractivity contribution in [1.82, 2.24) is 19.7 Å². The van der Waals surface area contributed by atoms with Gasteiger partial charge in [0, 0.05) is 36.4 Å². The number of nitrogens with zero attached hydrogens (tertiary/aromatic N) is 4. The van der Waals surface area contributed by atoms with Crippen LogP contribution in [0.25, 0.3) is 11.4 Å². The summed E-state index contributed by atoms with van der Waals surface area (Å²) in [5.41, 5.74) is 2.38. The lowest BCUT2D eigenvalue weighted by Crippen LogP contribution is -2.15. The molecule has 0 aliphatic carbocycles. The third kappa shape index (κ3) is 5.57. The van der Waals surface area contributed by atoms with E-state index in [-0.39, 0.29) is 17.6 Å². The summed E-state index contributed by atoms with van der Waals surface area (Å²) in [5, 5.41) is 15.0. The maximum atomic E-state index is 12.5. The summed E-state index contributed by atoms with van der Waals surface area (Å²) in [4.78, 5) is 28.9. The summed E-state index contributed by atoms with van der Waals surface area (Å²) in [6, 6.07) is 17.4. The summed E-state index contributed by atoms with van der Waals surface area (Å²) >= 11 is 7.36. The van der Waals surface area contributed by atoms with Crippen LogP contribution in [0.3, 0.4) is 0 Å². The number of halogens is 1. The van der Waals surface area contributed by atoms with E-state index in [4.69, 9.17) is 11.6 Å². The average molecular weight is 479 g/mol. The van der Waals surface area contributed by atoms with Gasteiger partial charge in [-0.1, -0.05) is 41.6 Å². The van der Waals surface area contributed by atoms with Gasteiger partial charge in [-0.2, -0.15) is 0 Å². The Morgan fingerprint density at radius 2 is 1.70 bits per heavy atom. The molecule has 4 rings (SSSR count). The first-order chi connectivity index (χ1) is 16.0. The number of nitrogens with one attached hydrogen (secondary N) is 2. The Morgan fingerprint density at radius 3 is 2.45 bits per heavy atom. The second-order valence-corrected chi connectivity index (χ2v) is 8.30. The Labute approximate surface area is 199 Å². The molecule has 0 saturated carbocycles. The lowest BCUT2D eigenvalue weighted by atomic mass is 10.2. The minimum absolute atomic E-state index is 0.151. The minimum Gasteiger partial charge on any atom is -0.325 e. The van der Waals surface area contributed by atoms with Gasteiger partial charge in [0.25, 0.3) is 5.91 Å². The quantitative estimate of drug-likeness (QED) is 0.379. The van der Waals surface area contributed by atoms with Crippen LogP contribution in [0.5, 0.6) is 0 Å². The van der Waals surface area contributed by atoms with Crippen LogP contribution in [-0.2, 0) is 11.8 Å². The lowest BCUT2D eigenvalue weighted by molar-refractivity contribution is -0.113. The van der Waals surface area contributed by atoms with Gasteiger partial charge >= 0.3 is 0 Å². The normalized spacial score (nSPS) is 10.6. The first kappa shape index (κ1) is 22.5. The molecular formula is C23H19ClN6O2S. The highest BCUT2D eigenvalue weighted by Gasteiger charge is 2.14. The lowest BCUT2D eigenvalue weighted by Gasteiger charge is -2.09. The summed E-state index contributed by atoms with van der Waals surface area (Å²) in [6.07, 6.45) is 3.38. The number of rotatable bonds is 7. The second kappa shape index (κ2) is 10.3. The third-order valence-corrected chi connectivity index (χ3v) is 5.98. The fourth-order valence-electron chi connectivity index (χ4n) is 3.04. The van der Waals surface area contributed by atoms with E-state index >= 15 is 0 Å². The van der Waals surface area contributed by atoms with Crippen molar-refractivity contribution in [1.29, 1.82) is 0 Å². The molecule has 0 atom stereocenters. The molecule has 2 N–H and O–H groups in total. The maximum Gasteiger partial charge on any atom is 0.257 e. The van der Waals surface area contributed by atoms with E-state index in [1.54, 1.807) is 60.9 Å². The van der Waals surface area contributed by atoms with Crippen molar-refractivity contribution in [3.8, 4) is 11.4 Å². The first-order valence-electron chi connectivity index (χ1n) is 9.89. The van der Waals surface area contributed by atoms with Crippen LogP contribution in [0, 0.1) is 0 Å². The fourth-order valence-corrected chi connectivity index (χ4v) is 3.97. The molecule has 8 nitrogen and oxygen atoms in total. The maximum absolute atomic E-state index is 12.5. The number of pyridine rings is 1. The van der Waals surface area contributed by atoms with Crippen molar-refractivity contribution < 1.29 is 9.59 Å². The number of carbonyl (C=O) groups is 2. The van der Waals surface area contributed by atoms with Crippen LogP contribution in [0.4, 0.5) is 11.4 Å². The van der Waals surface area contributed by atoms with Crippen molar-refractivity contribution >= 4 is 46.6 Å². The summed E-state index contributed by atoms with van der Waals surface area (Å²) in [6.45, 7) is 0. The summed E-state index contributed by atoms with van der Waals surface area (Å²) < 4.78 is 1.83. The molecule has 10 heteroatoms. The van der Waals surface area contributed by atoms with Crippen molar-refractivity contribution in [2.45, 2.75) is 5.16 Å². The highest BCUT2D eigenvalue weighted by atomic mass is 35.5. The van der Waals surface area contributed by atoms with Gasteiger partial charge in [-0.25, -0.2) is 0 Å². The molecule has 0 aliphatic rings. The highest BCUT2D eigenvalue weighted by Crippen LogP contribution is 2.23. The number of anilines is 2. The zero-order valence-electron chi connectivity index (χ0n) is 17.5. The molecule has 33 heavy (non-hydrogen) atoms. The van der Waals surface area contributed by atoms with Crippen LogP contribution in [0.1, 0.15) is 10.4 Å². The van der Waals surface area contributed by atoms with Crippen molar-refractivity contribution in [3.63, 3.8) is 0 Å². The number of hydrogen-bond acceptors (Lipinski definition) is 6. The molecule has 2 aromatic carbocycles. The monoisotopic (exact) mass is 478 g/mol. The molecule has 2 heterocycles. The van der Waals surface area contributed by atoms with E-state index in [0.717, 1.165) is 5.56 Å². The van der Waals surface area contributed by atoms with Crippen LogP contribution in [-0.4, -0.2) is 37.3 Å². The standard InChI is InChI=1S/C23H19ClN6O2S/c1-30-21(15-9-11-25-12-10-15)28-29-23(30)33-14-20(31)26-16-5-4-6-17(13-16)27-22(32)18-7-2-3-8-19(18)24/h2-13H,14H2,1H3,(H,26,31)(H,27,32). The van der Waals surface area contributed by atoms with E-state index in [0.29, 0.717) is 32.9 Å². The van der Waals surface area contributed by atoms with E-state index in [1.807, 2.05) is 23.7 Å². The number of amides is 2. The van der Waals surface area contributed by atoms with Gasteiger partial charge in [-0.3, -0.25) is 14.6 Å². The van der Waals surface area contributed by atoms with Crippen molar-refractivity contribution in [3.05, 3.63) is 83.6 Å². The van der Waals surface area contributed by atoms with E-state index in [9.17, 15) is 9.59 Å². The minimum atomic E-state index is -0.327. The predicted molar refractivity (Wildman–Crippen MR) is 129 cm³/mol. The Bertz CT molecular complexity index is 1300. The Balaban J connectivity index is 1.35. The van der Waals surface area contributed by atoms with Crippen molar-refractivity contribution in [2.24, 2.45) is 7.05 Å². The van der Waals surface area contributed by atoms with Gasteiger partial charge < -0.3 is 15.2 Å². The molecule has 0 spiro atoms. The van der Waals surface area contributed by atoms with Gasteiger partial charge in [0.05, 0.1) is 16.3 Å². The summed E-state index contributed by atoms with van der Waals surface area (Å²) in [7, 11) is 1.85. The van der Waals surface area contributed by atoms with Gasteiger partial charge in [0.1, 0.15) is 0 Å². The molecule has 0 radical (unpaired) electrons. The molecule has 0 unspecified atom stereocenters. The van der Waals surface area contributed by atoms with E-state index in [2.05, 4.69) is 25.8 Å². The molecule has 2 amide bonds. The smallest absolute Gasteiger partial charge is 0.257 e. The zero-order valence-corrected chi connectivity index (χ0v) is 19.1. The summed E-state index contributed by atoms with van der Waals surface area (Å²) in [5.74, 6) is 0.315. The number of hydrogen-bond donors (Lipinski definition) is 2. The number of aromatic nitrogens is 4. The molecule has 0 fully saturated rings. The molecule has 4 aromatic rings. The third-order valence-electron chi connectivity index (χ3n) is 4.63. The molecule has 0 saturated heterocycles. The molecule has 2 aromatic heterocycles. The van der Waals surface area contributed by atoms with Gasteiger partial charge in [-0.15, -0.1) is 10.2 Å². The van der Waals surface area contributed by atoms with Gasteiger partial charge in [0.15, 0.2) is 11.0 Å². The van der Waals surface area contributed by atoms with Crippen LogP contribution in [0.2, 0.25) is 5.02 Å². The van der Waals surface area contributed by atoms with Crippen LogP contribution >= 0.6 is 23.4 Å². The second-order valence-electron chi connectivity index (χ2n) is 6.95. The SMILES string of the molecule is Cn1c(SCC(=O)Nc2cccc(NC(=O)c3ccccc3Cl)c2)nnc1-c1ccncc1. The van der Waals surface area contributed by atoms with E-state index in [1.165, 1.54) is 11.8 Å². The Morgan fingerprint density at radius 1 is 0.970 bits per heavy atom. The van der Waals surface area contributed by atoms with Crippen LogP contribution in [0.15, 0.2) is 78.2 Å². The topological polar surface area (TPSA) is 102 Å². The average Bonchev–Trinajstić information content (AvgIpc) is 3.19. The number of benzene rings is 2. The molecular weight excluding hydrogens is 460 g/mol. The Kier molecular flexibility index (Phi) is 7.01. The number of carbonyl (C=O) groups excluding carboxylic acids is 2. The fraction of sp³-hybridized carbons (Fsp3) is 0.0870. The molecule has 0 aliphatic heterocycles. The van der Waals surface area contributed by atoms with Gasteiger partial charge in [0.2, 0.25) is 5.91 Å². The molecule has 166 valence electrons. The highest BCUT2D eigenvalue weighted by molar-refractivity contribution is 7.99. The Hall–Kier alpha value is -3.69. The number of thioether (sulfide) groups is 1. The zero-order chi connectivity index (χ0) is 23.2. The largest absolute Gasteiger partial charge is 0.325 e. The van der Waals surface area contributed by atoms with Gasteiger partial charge in [-0.05, 0) is 42.5 Å². The van der Waals surface area contributed by atoms with E-state index < -0.39 is 0 Å². The van der Waals surface area contributed by atoms with Crippen LogP contribution < -0.4 is 10.6 Å².